The Hall–Kier alpha value is -2.34. The summed E-state index contributed by atoms with van der Waals surface area (Å²) in [6.07, 6.45) is -0.739. The maximum Gasteiger partial charge on any atom is 0.315 e. The molecule has 1 atom stereocenters. The van der Waals surface area contributed by atoms with Gasteiger partial charge in [-0.3, -0.25) is 5.10 Å². The summed E-state index contributed by atoms with van der Waals surface area (Å²) in [4.78, 5) is 11.9. The Morgan fingerprint density at radius 2 is 1.84 bits per heavy atom. The summed E-state index contributed by atoms with van der Waals surface area (Å²) < 4.78 is 0. The molecule has 25 heavy (non-hydrogen) atoms. The minimum Gasteiger partial charge on any atom is -0.387 e. The third-order valence-corrected chi connectivity index (χ3v) is 4.32. The van der Waals surface area contributed by atoms with Gasteiger partial charge in [-0.05, 0) is 30.4 Å². The van der Waals surface area contributed by atoms with E-state index in [0.29, 0.717) is 6.54 Å². The van der Waals surface area contributed by atoms with Crippen LogP contribution in [-0.4, -0.2) is 27.9 Å². The summed E-state index contributed by atoms with van der Waals surface area (Å²) >= 11 is 0. The van der Waals surface area contributed by atoms with Crippen LogP contribution in [0.1, 0.15) is 55.0 Å². The number of carbonyl (C=O) groups excluding carboxylic acids is 1. The Balaban J connectivity index is 1.83. The molecule has 1 aromatic heterocycles. The molecule has 136 valence electrons. The lowest BCUT2D eigenvalue weighted by molar-refractivity contribution is 0.173. The van der Waals surface area contributed by atoms with Gasteiger partial charge in [0.05, 0.1) is 11.8 Å². The van der Waals surface area contributed by atoms with Gasteiger partial charge >= 0.3 is 6.03 Å². The van der Waals surface area contributed by atoms with E-state index < -0.39 is 6.10 Å². The van der Waals surface area contributed by atoms with Crippen LogP contribution in [-0.2, 0) is 12.0 Å². The number of nitrogens with one attached hydrogen (secondary N) is 3. The minimum absolute atomic E-state index is 0.0744. The molecule has 0 radical (unpaired) electrons. The maximum atomic E-state index is 11.9. The number of amides is 2. The number of hydrogen-bond donors (Lipinski definition) is 4. The number of nitrogens with zero attached hydrogens (tertiary/aromatic N) is 1. The van der Waals surface area contributed by atoms with Crippen molar-refractivity contribution < 1.29 is 9.90 Å². The zero-order chi connectivity index (χ0) is 18.6. The number of aliphatic hydroxyl groups excluding tert-OH is 1. The van der Waals surface area contributed by atoms with Crippen LogP contribution < -0.4 is 10.6 Å². The van der Waals surface area contributed by atoms with Gasteiger partial charge in [0.25, 0.3) is 0 Å². The molecule has 1 unspecified atom stereocenters. The van der Waals surface area contributed by atoms with Crippen LogP contribution in [0.3, 0.4) is 0 Å². The van der Waals surface area contributed by atoms with Gasteiger partial charge in [-0.2, -0.15) is 5.10 Å². The maximum absolute atomic E-state index is 11.9. The molecular weight excluding hydrogens is 316 g/mol. The van der Waals surface area contributed by atoms with Crippen molar-refractivity contribution in [2.75, 3.05) is 6.54 Å². The smallest absolute Gasteiger partial charge is 0.315 e. The predicted molar refractivity (Wildman–Crippen MR) is 98.4 cm³/mol. The first-order valence-electron chi connectivity index (χ1n) is 8.49. The lowest BCUT2D eigenvalue weighted by Crippen LogP contribution is -2.37. The number of aromatic nitrogens is 2. The van der Waals surface area contributed by atoms with E-state index in [1.807, 2.05) is 38.1 Å². The molecule has 2 amide bonds. The van der Waals surface area contributed by atoms with Gasteiger partial charge in [-0.15, -0.1) is 0 Å². The Morgan fingerprint density at radius 3 is 2.36 bits per heavy atom. The molecular formula is C19H28N4O2. The first-order chi connectivity index (χ1) is 11.7. The molecule has 2 aromatic rings. The van der Waals surface area contributed by atoms with Crippen molar-refractivity contribution in [3.05, 3.63) is 52.3 Å². The molecule has 6 heteroatoms. The van der Waals surface area contributed by atoms with Crippen molar-refractivity contribution in [3.8, 4) is 0 Å². The Morgan fingerprint density at radius 1 is 1.20 bits per heavy atom. The first-order valence-corrected chi connectivity index (χ1v) is 8.49. The molecule has 2 rings (SSSR count). The minimum atomic E-state index is -0.739. The topological polar surface area (TPSA) is 90.0 Å². The SMILES string of the molecule is Cc1n[nH]c(C)c1CNC(=O)NCC(O)c1ccc(C(C)(C)C)cc1. The molecule has 0 saturated carbocycles. The van der Waals surface area contributed by atoms with Gasteiger partial charge < -0.3 is 15.7 Å². The highest BCUT2D eigenvalue weighted by Crippen LogP contribution is 2.23. The quantitative estimate of drug-likeness (QED) is 0.672. The van der Waals surface area contributed by atoms with Gasteiger partial charge in [0.2, 0.25) is 0 Å². The second-order valence-electron chi connectivity index (χ2n) is 7.36. The fourth-order valence-electron chi connectivity index (χ4n) is 2.58. The molecule has 0 aliphatic rings. The summed E-state index contributed by atoms with van der Waals surface area (Å²) in [5.74, 6) is 0. The average molecular weight is 344 g/mol. The molecule has 4 N–H and O–H groups in total. The number of aromatic amines is 1. The van der Waals surface area contributed by atoms with Crippen molar-refractivity contribution in [1.82, 2.24) is 20.8 Å². The van der Waals surface area contributed by atoms with Crippen LogP contribution in [0.25, 0.3) is 0 Å². The summed E-state index contributed by atoms with van der Waals surface area (Å²) in [6, 6.07) is 7.53. The standard InChI is InChI=1S/C19H28N4O2/c1-12-16(13(2)23-22-12)10-20-18(25)21-11-17(24)14-6-8-15(9-7-14)19(3,4)5/h6-9,17,24H,10-11H2,1-5H3,(H,22,23)(H2,20,21,25). The van der Waals surface area contributed by atoms with E-state index >= 15 is 0 Å². The van der Waals surface area contributed by atoms with Gasteiger partial charge in [-0.25, -0.2) is 4.79 Å². The second kappa shape index (κ2) is 7.70. The normalized spacial score (nSPS) is 12.7. The number of benzene rings is 1. The summed E-state index contributed by atoms with van der Waals surface area (Å²) in [6.45, 7) is 10.8. The van der Waals surface area contributed by atoms with Crippen molar-refractivity contribution in [2.24, 2.45) is 0 Å². The Labute approximate surface area is 149 Å². The summed E-state index contributed by atoms with van der Waals surface area (Å²) in [5, 5.41) is 22.7. The number of H-pyrrole nitrogens is 1. The molecule has 0 fully saturated rings. The highest BCUT2D eigenvalue weighted by atomic mass is 16.3. The average Bonchev–Trinajstić information content (AvgIpc) is 2.88. The number of urea groups is 1. The molecule has 0 bridgehead atoms. The first kappa shape index (κ1) is 19.0. The van der Waals surface area contributed by atoms with Gasteiger partial charge in [0.1, 0.15) is 0 Å². The largest absolute Gasteiger partial charge is 0.387 e. The van der Waals surface area contributed by atoms with E-state index in [-0.39, 0.29) is 18.0 Å². The van der Waals surface area contributed by atoms with Crippen molar-refractivity contribution >= 4 is 6.03 Å². The molecule has 0 spiro atoms. The lowest BCUT2D eigenvalue weighted by atomic mass is 9.86. The second-order valence-corrected chi connectivity index (χ2v) is 7.36. The summed E-state index contributed by atoms with van der Waals surface area (Å²) in [7, 11) is 0. The van der Waals surface area contributed by atoms with Gasteiger partial charge in [-0.1, -0.05) is 45.0 Å². The number of hydrogen-bond acceptors (Lipinski definition) is 3. The van der Waals surface area contributed by atoms with E-state index in [4.69, 9.17) is 0 Å². The van der Waals surface area contributed by atoms with E-state index in [9.17, 15) is 9.90 Å². The predicted octanol–water partition coefficient (Wildman–Crippen LogP) is 2.86. The molecule has 6 nitrogen and oxygen atoms in total. The van der Waals surface area contributed by atoms with Crippen LogP contribution in [0, 0.1) is 13.8 Å². The molecule has 1 aromatic carbocycles. The van der Waals surface area contributed by atoms with Crippen molar-refractivity contribution in [1.29, 1.82) is 0 Å². The van der Waals surface area contributed by atoms with Crippen LogP contribution in [0.4, 0.5) is 4.79 Å². The van der Waals surface area contributed by atoms with E-state index in [1.165, 1.54) is 5.56 Å². The molecule has 0 saturated heterocycles. The van der Waals surface area contributed by atoms with E-state index in [0.717, 1.165) is 22.5 Å². The third kappa shape index (κ3) is 5.06. The Bertz CT molecular complexity index is 695. The molecule has 0 aliphatic carbocycles. The fourth-order valence-corrected chi connectivity index (χ4v) is 2.58. The zero-order valence-corrected chi connectivity index (χ0v) is 15.6. The molecule has 1 heterocycles. The van der Waals surface area contributed by atoms with Gasteiger partial charge in [0, 0.05) is 24.3 Å². The summed E-state index contributed by atoms with van der Waals surface area (Å²) in [5.41, 5.74) is 4.86. The molecule has 0 aliphatic heterocycles. The monoisotopic (exact) mass is 344 g/mol. The zero-order valence-electron chi connectivity index (χ0n) is 15.6. The lowest BCUT2D eigenvalue weighted by Gasteiger charge is -2.20. The van der Waals surface area contributed by atoms with Crippen LogP contribution in [0.15, 0.2) is 24.3 Å². The number of rotatable bonds is 5. The Kier molecular flexibility index (Phi) is 5.85. The van der Waals surface area contributed by atoms with Crippen LogP contribution in [0.2, 0.25) is 0 Å². The number of carbonyl (C=O) groups is 1. The van der Waals surface area contributed by atoms with E-state index in [2.05, 4.69) is 41.6 Å². The number of aryl methyl sites for hydroxylation is 2. The van der Waals surface area contributed by atoms with Crippen molar-refractivity contribution in [3.63, 3.8) is 0 Å². The van der Waals surface area contributed by atoms with Crippen LogP contribution >= 0.6 is 0 Å². The van der Waals surface area contributed by atoms with E-state index in [1.54, 1.807) is 0 Å². The van der Waals surface area contributed by atoms with Crippen molar-refractivity contribution in [2.45, 2.75) is 52.7 Å². The third-order valence-electron chi connectivity index (χ3n) is 4.32. The fraction of sp³-hybridized carbons (Fsp3) is 0.474. The highest BCUT2D eigenvalue weighted by Gasteiger charge is 2.15. The van der Waals surface area contributed by atoms with Gasteiger partial charge in [0.15, 0.2) is 0 Å². The number of aliphatic hydroxyl groups is 1. The van der Waals surface area contributed by atoms with Crippen LogP contribution in [0.5, 0.6) is 0 Å². The highest BCUT2D eigenvalue weighted by molar-refractivity contribution is 5.73.